The molecule has 0 radical (unpaired) electrons. The normalized spacial score (nSPS) is 17.5. The summed E-state index contributed by atoms with van der Waals surface area (Å²) in [6, 6.07) is 5.02. The monoisotopic (exact) mass is 375 g/mol. The van der Waals surface area contributed by atoms with E-state index in [0.717, 1.165) is 23.9 Å². The van der Waals surface area contributed by atoms with Crippen LogP contribution >= 0.6 is 0 Å². The first-order chi connectivity index (χ1) is 13.0. The lowest BCUT2D eigenvalue weighted by molar-refractivity contribution is -0.135. The molecule has 0 bridgehead atoms. The fourth-order valence-electron chi connectivity index (χ4n) is 3.58. The van der Waals surface area contributed by atoms with Crippen LogP contribution in [-0.4, -0.2) is 45.9 Å². The molecule has 1 fully saturated rings. The Morgan fingerprint density at radius 1 is 1.22 bits per heavy atom. The van der Waals surface area contributed by atoms with Crippen LogP contribution in [0.3, 0.4) is 0 Å². The molecule has 1 unspecified atom stereocenters. The summed E-state index contributed by atoms with van der Waals surface area (Å²) in [6.07, 6.45) is 2.71. The number of benzene rings is 1. The third kappa shape index (κ3) is 3.96. The van der Waals surface area contributed by atoms with E-state index in [9.17, 15) is 14.4 Å². The summed E-state index contributed by atoms with van der Waals surface area (Å²) in [5.74, 6) is -0.727. The molecule has 3 rings (SSSR count). The van der Waals surface area contributed by atoms with Crippen LogP contribution in [0.1, 0.15) is 37.3 Å². The molecule has 2 aromatic rings. The van der Waals surface area contributed by atoms with Crippen molar-refractivity contribution in [3.8, 4) is 0 Å². The molecule has 1 aromatic heterocycles. The molecule has 1 aromatic carbocycles. The van der Waals surface area contributed by atoms with Crippen LogP contribution in [0.4, 0.5) is 0 Å². The number of carbonyl (C=O) groups is 2. The van der Waals surface area contributed by atoms with Crippen molar-refractivity contribution >= 4 is 22.8 Å². The van der Waals surface area contributed by atoms with Crippen molar-refractivity contribution in [1.82, 2.24) is 14.5 Å². The molecule has 1 aliphatic heterocycles. The average molecular weight is 375 g/mol. The van der Waals surface area contributed by atoms with Crippen molar-refractivity contribution in [3.05, 3.63) is 34.2 Å². The van der Waals surface area contributed by atoms with Gasteiger partial charge in [-0.3, -0.25) is 24.0 Å². The number of aromatic nitrogens is 2. The van der Waals surface area contributed by atoms with Gasteiger partial charge in [0, 0.05) is 33.3 Å². The molecule has 8 nitrogen and oxygen atoms in total. The topological polar surface area (TPSA) is 103 Å². The van der Waals surface area contributed by atoms with Gasteiger partial charge in [-0.15, -0.1) is 0 Å². The first-order valence-electron chi connectivity index (χ1n) is 9.25. The van der Waals surface area contributed by atoms with E-state index < -0.39 is 11.9 Å². The highest BCUT2D eigenvalue weighted by Crippen LogP contribution is 2.25. The van der Waals surface area contributed by atoms with E-state index in [0.29, 0.717) is 31.6 Å². The Balaban J connectivity index is 1.85. The van der Waals surface area contributed by atoms with Gasteiger partial charge in [-0.1, -0.05) is 12.1 Å². The summed E-state index contributed by atoms with van der Waals surface area (Å²) >= 11 is 0. The molecule has 146 valence electrons. The van der Waals surface area contributed by atoms with Crippen molar-refractivity contribution in [2.24, 2.45) is 7.05 Å². The number of carbonyl (C=O) groups excluding carboxylic acids is 2. The van der Waals surface area contributed by atoms with Gasteiger partial charge in [-0.05, 0) is 37.3 Å². The van der Waals surface area contributed by atoms with E-state index in [4.69, 9.17) is 9.84 Å². The Morgan fingerprint density at radius 3 is 2.74 bits per heavy atom. The fraction of sp³-hybridized carbons (Fsp3) is 0.526. The number of piperidine rings is 1. The van der Waals surface area contributed by atoms with Crippen molar-refractivity contribution in [3.63, 3.8) is 0 Å². The molecule has 8 heteroatoms. The largest absolute Gasteiger partial charge is 0.396 e. The molecule has 1 saturated heterocycles. The van der Waals surface area contributed by atoms with E-state index in [1.54, 1.807) is 11.6 Å². The van der Waals surface area contributed by atoms with Crippen LogP contribution in [-0.2, 0) is 27.8 Å². The molecular weight excluding hydrogens is 350 g/mol. The van der Waals surface area contributed by atoms with E-state index in [1.165, 1.54) is 4.57 Å². The number of ether oxygens (including phenoxy) is 1. The lowest BCUT2D eigenvalue weighted by Crippen LogP contribution is -2.44. The first-order valence-corrected chi connectivity index (χ1v) is 9.25. The lowest BCUT2D eigenvalue weighted by Gasteiger charge is -2.21. The van der Waals surface area contributed by atoms with E-state index >= 15 is 0 Å². The van der Waals surface area contributed by atoms with Gasteiger partial charge in [0.25, 0.3) is 0 Å². The van der Waals surface area contributed by atoms with Gasteiger partial charge < -0.3 is 9.84 Å². The number of hydrogen-bond acceptors (Lipinski definition) is 5. The zero-order chi connectivity index (χ0) is 19.4. The number of aliphatic hydroxyl groups is 1. The van der Waals surface area contributed by atoms with Crippen LogP contribution in [0.25, 0.3) is 11.0 Å². The summed E-state index contributed by atoms with van der Waals surface area (Å²) in [7, 11) is 1.70. The third-order valence-corrected chi connectivity index (χ3v) is 4.89. The Labute approximate surface area is 156 Å². The molecule has 1 aliphatic rings. The predicted molar refractivity (Wildman–Crippen MR) is 99.4 cm³/mol. The second-order valence-corrected chi connectivity index (χ2v) is 6.76. The Morgan fingerprint density at radius 2 is 2.00 bits per heavy atom. The SMILES string of the molecule is Cn1c(=O)n(C2CCC(=O)NC2=O)c2cccc(CCCOCCCO)c21. The zero-order valence-electron chi connectivity index (χ0n) is 15.4. The van der Waals surface area contributed by atoms with Crippen LogP contribution in [0, 0.1) is 0 Å². The van der Waals surface area contributed by atoms with Gasteiger partial charge in [0.2, 0.25) is 11.8 Å². The first kappa shape index (κ1) is 19.3. The fourth-order valence-corrected chi connectivity index (χ4v) is 3.58. The average Bonchev–Trinajstić information content (AvgIpc) is 2.90. The number of para-hydroxylation sites is 1. The predicted octanol–water partition coefficient (Wildman–Crippen LogP) is 0.649. The van der Waals surface area contributed by atoms with E-state index in [1.807, 2.05) is 18.2 Å². The molecule has 2 heterocycles. The van der Waals surface area contributed by atoms with E-state index in [-0.39, 0.29) is 24.6 Å². The number of imidazole rings is 1. The van der Waals surface area contributed by atoms with Crippen molar-refractivity contribution in [1.29, 1.82) is 0 Å². The summed E-state index contributed by atoms with van der Waals surface area (Å²) in [4.78, 5) is 36.5. The van der Waals surface area contributed by atoms with Crippen LogP contribution in [0.5, 0.6) is 0 Å². The Bertz CT molecular complexity index is 899. The van der Waals surface area contributed by atoms with Crippen molar-refractivity contribution in [2.45, 2.75) is 38.1 Å². The highest BCUT2D eigenvalue weighted by atomic mass is 16.5. The van der Waals surface area contributed by atoms with Gasteiger partial charge in [0.1, 0.15) is 6.04 Å². The van der Waals surface area contributed by atoms with Gasteiger partial charge in [-0.2, -0.15) is 0 Å². The molecule has 0 saturated carbocycles. The molecule has 27 heavy (non-hydrogen) atoms. The number of hydrogen-bond donors (Lipinski definition) is 2. The number of fused-ring (bicyclic) bond motifs is 1. The lowest BCUT2D eigenvalue weighted by atomic mass is 10.0. The second kappa shape index (κ2) is 8.49. The summed E-state index contributed by atoms with van der Waals surface area (Å²) in [5.41, 5.74) is 2.27. The molecule has 2 N–H and O–H groups in total. The van der Waals surface area contributed by atoms with Gasteiger partial charge in [-0.25, -0.2) is 4.79 Å². The number of aliphatic hydroxyl groups excluding tert-OH is 1. The summed E-state index contributed by atoms with van der Waals surface area (Å²) in [6.45, 7) is 1.23. The number of aryl methyl sites for hydroxylation is 2. The molecule has 1 atom stereocenters. The molecule has 0 spiro atoms. The smallest absolute Gasteiger partial charge is 0.329 e. The minimum absolute atomic E-state index is 0.120. The maximum atomic E-state index is 12.8. The van der Waals surface area contributed by atoms with Crippen molar-refractivity contribution in [2.75, 3.05) is 19.8 Å². The van der Waals surface area contributed by atoms with Crippen LogP contribution in [0.15, 0.2) is 23.0 Å². The quantitative estimate of drug-likeness (QED) is 0.521. The Hall–Kier alpha value is -2.45. The standard InChI is InChI=1S/C19H25N3O5/c1-21-17-13(6-3-11-27-12-4-10-23)5-2-7-14(17)22(19(21)26)15-8-9-16(24)20-18(15)25/h2,5,7,15,23H,3-4,6,8-12H2,1H3,(H,20,24,25). The van der Waals surface area contributed by atoms with Gasteiger partial charge in [0.05, 0.1) is 11.0 Å². The summed E-state index contributed by atoms with van der Waals surface area (Å²) < 4.78 is 8.54. The molecule has 2 amide bonds. The summed E-state index contributed by atoms with van der Waals surface area (Å²) in [5, 5.41) is 11.1. The van der Waals surface area contributed by atoms with E-state index in [2.05, 4.69) is 5.32 Å². The second-order valence-electron chi connectivity index (χ2n) is 6.76. The number of imide groups is 1. The van der Waals surface area contributed by atoms with Crippen molar-refractivity contribution < 1.29 is 19.4 Å². The number of nitrogens with zero attached hydrogens (tertiary/aromatic N) is 2. The maximum absolute atomic E-state index is 12.8. The Kier molecular flexibility index (Phi) is 6.08. The zero-order valence-corrected chi connectivity index (χ0v) is 15.4. The van der Waals surface area contributed by atoms with Crippen LogP contribution in [0.2, 0.25) is 0 Å². The maximum Gasteiger partial charge on any atom is 0.329 e. The van der Waals surface area contributed by atoms with Crippen LogP contribution < -0.4 is 11.0 Å². The number of amides is 2. The minimum Gasteiger partial charge on any atom is -0.396 e. The number of nitrogens with one attached hydrogen (secondary N) is 1. The minimum atomic E-state index is -0.670. The molecule has 0 aliphatic carbocycles. The third-order valence-electron chi connectivity index (χ3n) is 4.89. The van der Waals surface area contributed by atoms with Gasteiger partial charge >= 0.3 is 5.69 Å². The number of rotatable bonds is 8. The highest BCUT2D eigenvalue weighted by Gasteiger charge is 2.31. The van der Waals surface area contributed by atoms with Gasteiger partial charge in [0.15, 0.2) is 0 Å². The molecular formula is C19H25N3O5. The highest BCUT2D eigenvalue weighted by molar-refractivity contribution is 6.00.